The van der Waals surface area contributed by atoms with E-state index in [0.29, 0.717) is 24.1 Å². The summed E-state index contributed by atoms with van der Waals surface area (Å²) in [5.74, 6) is 0.123. The molecule has 1 saturated carbocycles. The van der Waals surface area contributed by atoms with Crippen LogP contribution in [0.3, 0.4) is 0 Å². The van der Waals surface area contributed by atoms with E-state index >= 15 is 0 Å². The molecule has 11 nitrogen and oxygen atoms in total. The third-order valence-electron chi connectivity index (χ3n) is 10.2. The number of nitrogens with one attached hydrogen (secondary N) is 2. The van der Waals surface area contributed by atoms with E-state index in [0.717, 1.165) is 56.4 Å². The molecule has 3 aliphatic rings. The number of hydrogen-bond donors (Lipinski definition) is 4. The Kier molecular flexibility index (Phi) is 11.2. The van der Waals surface area contributed by atoms with E-state index in [1.54, 1.807) is 12.0 Å². The van der Waals surface area contributed by atoms with Crippen LogP contribution >= 0.6 is 0 Å². The summed E-state index contributed by atoms with van der Waals surface area (Å²) in [5, 5.41) is 16.2. The van der Waals surface area contributed by atoms with Crippen molar-refractivity contribution in [2.24, 2.45) is 11.1 Å². The molecule has 2 aromatic rings. The van der Waals surface area contributed by atoms with Crippen molar-refractivity contribution in [3.8, 4) is 5.75 Å². The molecule has 2 atom stereocenters. The van der Waals surface area contributed by atoms with E-state index in [9.17, 15) is 19.5 Å². The first-order chi connectivity index (χ1) is 22.2. The van der Waals surface area contributed by atoms with Gasteiger partial charge in [-0.1, -0.05) is 49.4 Å². The number of nitrogens with zero attached hydrogens (tertiary/aromatic N) is 3. The van der Waals surface area contributed by atoms with Crippen LogP contribution in [0, 0.1) is 5.41 Å². The maximum atomic E-state index is 14.0. The molecule has 1 spiro atoms. The molecule has 2 heterocycles. The highest BCUT2D eigenvalue weighted by atomic mass is 16.5. The van der Waals surface area contributed by atoms with Gasteiger partial charge in [0.1, 0.15) is 11.8 Å². The van der Waals surface area contributed by atoms with Gasteiger partial charge in [-0.25, -0.2) is 4.79 Å². The zero-order chi connectivity index (χ0) is 32.7. The lowest BCUT2D eigenvalue weighted by atomic mass is 9.72. The van der Waals surface area contributed by atoms with Crippen LogP contribution in [0.4, 0.5) is 4.79 Å². The SMILES string of the molecule is CCC(NC1CCC2(CC1)CCN(Cc1ccccc1)C2)C(=O)N1CCN(C(=O)O)C[C@H]1C(=O)NCc1ccc(CN)c(OC)c1. The predicted octanol–water partition coefficient (Wildman–Crippen LogP) is 3.16. The van der Waals surface area contributed by atoms with Gasteiger partial charge in [0.25, 0.3) is 0 Å². The summed E-state index contributed by atoms with van der Waals surface area (Å²) in [7, 11) is 1.57. The lowest BCUT2D eigenvalue weighted by Crippen LogP contribution is -2.64. The molecule has 11 heteroatoms. The monoisotopic (exact) mass is 634 g/mol. The molecule has 3 amide bonds. The molecule has 0 radical (unpaired) electrons. The van der Waals surface area contributed by atoms with Crippen molar-refractivity contribution < 1.29 is 24.2 Å². The number of likely N-dealkylation sites (tertiary alicyclic amines) is 1. The molecule has 46 heavy (non-hydrogen) atoms. The van der Waals surface area contributed by atoms with Crippen LogP contribution in [0.5, 0.6) is 5.75 Å². The molecule has 3 fully saturated rings. The second-order valence-corrected chi connectivity index (χ2v) is 13.2. The van der Waals surface area contributed by atoms with Crippen molar-refractivity contribution in [2.45, 2.75) is 83.2 Å². The van der Waals surface area contributed by atoms with Gasteiger partial charge in [0, 0.05) is 50.9 Å². The number of piperazine rings is 1. The Hall–Kier alpha value is -3.67. The Morgan fingerprint density at radius 2 is 1.80 bits per heavy atom. The standard InChI is InChI=1S/C35H50N6O5/c1-3-29(38-28-11-13-35(14-12-28)15-16-39(24-35)22-25-7-5-4-6-8-25)33(43)41-18-17-40(34(44)45)23-30(41)32(42)37-21-26-9-10-27(20-36)31(19-26)46-2/h4-10,19,28-30,38H,3,11-18,20-24,36H2,1-2H3,(H,37,42)(H,44,45)/t28?,29?,30-,35?/m0/s1. The van der Waals surface area contributed by atoms with Gasteiger partial charge >= 0.3 is 6.09 Å². The topological polar surface area (TPSA) is 140 Å². The Balaban J connectivity index is 1.18. The summed E-state index contributed by atoms with van der Waals surface area (Å²) in [6.45, 7) is 6.06. The minimum absolute atomic E-state index is 0.0653. The highest BCUT2D eigenvalue weighted by molar-refractivity contribution is 5.90. The maximum Gasteiger partial charge on any atom is 0.407 e. The smallest absolute Gasteiger partial charge is 0.407 e. The fourth-order valence-corrected chi connectivity index (χ4v) is 7.48. The van der Waals surface area contributed by atoms with Gasteiger partial charge in [0.2, 0.25) is 11.8 Å². The molecule has 2 aromatic carbocycles. The summed E-state index contributed by atoms with van der Waals surface area (Å²) >= 11 is 0. The fourth-order valence-electron chi connectivity index (χ4n) is 7.48. The van der Waals surface area contributed by atoms with Gasteiger partial charge in [0.15, 0.2) is 0 Å². The Morgan fingerprint density at radius 3 is 2.48 bits per heavy atom. The van der Waals surface area contributed by atoms with Crippen molar-refractivity contribution in [2.75, 3.05) is 39.8 Å². The maximum absolute atomic E-state index is 14.0. The summed E-state index contributed by atoms with van der Waals surface area (Å²) in [4.78, 5) is 44.7. The number of hydrogen-bond acceptors (Lipinski definition) is 7. The Morgan fingerprint density at radius 1 is 1.04 bits per heavy atom. The minimum atomic E-state index is -1.09. The number of rotatable bonds is 11. The first-order valence-corrected chi connectivity index (χ1v) is 16.7. The molecule has 1 unspecified atom stereocenters. The van der Waals surface area contributed by atoms with Crippen molar-refractivity contribution in [3.05, 3.63) is 65.2 Å². The van der Waals surface area contributed by atoms with Gasteiger partial charge in [-0.2, -0.15) is 0 Å². The number of ether oxygens (including phenoxy) is 1. The van der Waals surface area contributed by atoms with E-state index in [1.165, 1.54) is 16.9 Å². The highest BCUT2D eigenvalue weighted by Crippen LogP contribution is 2.44. The van der Waals surface area contributed by atoms with Crippen molar-refractivity contribution in [3.63, 3.8) is 0 Å². The largest absolute Gasteiger partial charge is 0.496 e. The van der Waals surface area contributed by atoms with Crippen LogP contribution in [0.25, 0.3) is 0 Å². The van der Waals surface area contributed by atoms with Crippen molar-refractivity contribution in [1.82, 2.24) is 25.3 Å². The molecule has 5 N–H and O–H groups in total. The fraction of sp³-hybridized carbons (Fsp3) is 0.571. The quantitative estimate of drug-likeness (QED) is 0.296. The third kappa shape index (κ3) is 8.00. The predicted molar refractivity (Wildman–Crippen MR) is 176 cm³/mol. The normalized spacial score (nSPS) is 24.2. The summed E-state index contributed by atoms with van der Waals surface area (Å²) in [6.07, 6.45) is 5.03. The van der Waals surface area contributed by atoms with Crippen LogP contribution < -0.4 is 21.1 Å². The molecule has 1 aliphatic carbocycles. The van der Waals surface area contributed by atoms with Crippen molar-refractivity contribution in [1.29, 1.82) is 0 Å². The van der Waals surface area contributed by atoms with Gasteiger partial charge in [-0.15, -0.1) is 0 Å². The van der Waals surface area contributed by atoms with Crippen LogP contribution in [-0.2, 0) is 29.2 Å². The van der Waals surface area contributed by atoms with Crippen LogP contribution in [0.1, 0.15) is 62.1 Å². The van der Waals surface area contributed by atoms with Crippen LogP contribution in [-0.4, -0.2) is 95.7 Å². The molecular weight excluding hydrogens is 584 g/mol. The summed E-state index contributed by atoms with van der Waals surface area (Å²) in [6, 6.07) is 15.1. The Bertz CT molecular complexity index is 1350. The number of carboxylic acid groups (broad SMARTS) is 1. The van der Waals surface area contributed by atoms with E-state index < -0.39 is 18.2 Å². The van der Waals surface area contributed by atoms with Crippen LogP contribution in [0.15, 0.2) is 48.5 Å². The second kappa shape index (κ2) is 15.3. The van der Waals surface area contributed by atoms with E-state index in [2.05, 4.69) is 45.9 Å². The lowest BCUT2D eigenvalue weighted by Gasteiger charge is -2.42. The van der Waals surface area contributed by atoms with Crippen LogP contribution in [0.2, 0.25) is 0 Å². The molecule has 2 saturated heterocycles. The Labute approximate surface area is 272 Å². The third-order valence-corrected chi connectivity index (χ3v) is 10.2. The summed E-state index contributed by atoms with van der Waals surface area (Å²) < 4.78 is 5.42. The molecule has 0 aromatic heterocycles. The number of carbonyl (C=O) groups excluding carboxylic acids is 2. The average molecular weight is 635 g/mol. The molecule has 2 aliphatic heterocycles. The first kappa shape index (κ1) is 33.7. The van der Waals surface area contributed by atoms with Gasteiger partial charge in [-0.3, -0.25) is 14.5 Å². The zero-order valence-electron chi connectivity index (χ0n) is 27.2. The molecule has 0 bridgehead atoms. The molecule has 250 valence electrons. The van der Waals surface area contributed by atoms with Gasteiger partial charge < -0.3 is 36.0 Å². The lowest BCUT2D eigenvalue weighted by molar-refractivity contribution is -0.145. The average Bonchev–Trinajstić information content (AvgIpc) is 3.47. The number of methoxy groups -OCH3 is 1. The number of nitrogens with two attached hydrogens (primary N) is 1. The van der Waals surface area contributed by atoms with Gasteiger partial charge in [0.05, 0.1) is 19.7 Å². The second-order valence-electron chi connectivity index (χ2n) is 13.2. The van der Waals surface area contributed by atoms with E-state index in [4.69, 9.17) is 10.5 Å². The zero-order valence-corrected chi connectivity index (χ0v) is 27.2. The van der Waals surface area contributed by atoms with E-state index in [1.807, 2.05) is 25.1 Å². The molecule has 5 rings (SSSR count). The number of benzene rings is 2. The van der Waals surface area contributed by atoms with Gasteiger partial charge in [-0.05, 0) is 67.7 Å². The first-order valence-electron chi connectivity index (χ1n) is 16.7. The minimum Gasteiger partial charge on any atom is -0.496 e. The van der Waals surface area contributed by atoms with E-state index in [-0.39, 0.29) is 44.0 Å². The highest BCUT2D eigenvalue weighted by Gasteiger charge is 2.43. The molecular formula is C35H50N6O5. The number of amides is 3. The van der Waals surface area contributed by atoms with Crippen molar-refractivity contribution >= 4 is 17.9 Å². The number of carbonyl (C=O) groups is 3. The summed E-state index contributed by atoms with van der Waals surface area (Å²) in [5.41, 5.74) is 9.17.